The van der Waals surface area contributed by atoms with Crippen molar-refractivity contribution in [1.82, 2.24) is 4.98 Å². The van der Waals surface area contributed by atoms with Crippen LogP contribution in [0.25, 0.3) is 0 Å². The Morgan fingerprint density at radius 2 is 2.06 bits per heavy atom. The van der Waals surface area contributed by atoms with Gasteiger partial charge in [-0.1, -0.05) is 0 Å². The Kier molecular flexibility index (Phi) is 3.59. The van der Waals surface area contributed by atoms with Crippen molar-refractivity contribution in [2.24, 2.45) is 0 Å². The normalized spacial score (nSPS) is 11.4. The molecule has 0 saturated carbocycles. The molecule has 17 heavy (non-hydrogen) atoms. The number of rotatable bonds is 3. The van der Waals surface area contributed by atoms with Gasteiger partial charge in [-0.3, -0.25) is 4.79 Å². The Balaban J connectivity index is 3.09. The highest BCUT2D eigenvalue weighted by Crippen LogP contribution is 2.31. The fraction of sp³-hybridized carbons (Fsp3) is 0.400. The van der Waals surface area contributed by atoms with Gasteiger partial charge in [0, 0.05) is 12.7 Å². The maximum absolute atomic E-state index is 12.5. The number of carboxylic acid groups (broad SMARTS) is 1. The number of aromatic nitrogens is 1. The van der Waals surface area contributed by atoms with Gasteiger partial charge in [-0.05, 0) is 19.1 Å². The van der Waals surface area contributed by atoms with E-state index in [-0.39, 0.29) is 11.5 Å². The van der Waals surface area contributed by atoms with E-state index in [1.165, 1.54) is 14.0 Å². The highest BCUT2D eigenvalue weighted by atomic mass is 19.4. The first-order valence-corrected chi connectivity index (χ1v) is 4.69. The predicted molar refractivity (Wildman–Crippen MR) is 54.9 cm³/mol. The van der Waals surface area contributed by atoms with Gasteiger partial charge in [-0.2, -0.15) is 13.2 Å². The van der Waals surface area contributed by atoms with Crippen LogP contribution in [0.3, 0.4) is 0 Å². The lowest BCUT2D eigenvalue weighted by Crippen LogP contribution is -2.26. The predicted octanol–water partition coefficient (Wildman–Crippen LogP) is 1.93. The topological polar surface area (TPSA) is 53.4 Å². The van der Waals surface area contributed by atoms with Gasteiger partial charge in [0.15, 0.2) is 0 Å². The van der Waals surface area contributed by atoms with Gasteiger partial charge in [-0.15, -0.1) is 0 Å². The summed E-state index contributed by atoms with van der Waals surface area (Å²) in [5, 5.41) is 8.55. The minimum Gasteiger partial charge on any atom is -0.480 e. The van der Waals surface area contributed by atoms with E-state index in [4.69, 9.17) is 5.11 Å². The van der Waals surface area contributed by atoms with Gasteiger partial charge in [0.2, 0.25) is 0 Å². The zero-order chi connectivity index (χ0) is 13.2. The molecule has 0 radical (unpaired) electrons. The van der Waals surface area contributed by atoms with Crippen LogP contribution in [-0.2, 0) is 11.0 Å². The van der Waals surface area contributed by atoms with Crippen molar-refractivity contribution in [3.63, 3.8) is 0 Å². The molecule has 1 aromatic heterocycles. The number of hydrogen-bond donors (Lipinski definition) is 1. The van der Waals surface area contributed by atoms with E-state index < -0.39 is 24.3 Å². The van der Waals surface area contributed by atoms with Crippen LogP contribution in [0.5, 0.6) is 0 Å². The summed E-state index contributed by atoms with van der Waals surface area (Å²) in [6.45, 7) is 1.01. The Morgan fingerprint density at radius 1 is 1.47 bits per heavy atom. The number of alkyl halides is 3. The van der Waals surface area contributed by atoms with E-state index in [1.54, 1.807) is 0 Å². The van der Waals surface area contributed by atoms with Gasteiger partial charge < -0.3 is 10.0 Å². The molecule has 0 aliphatic heterocycles. The second-order valence-electron chi connectivity index (χ2n) is 3.60. The lowest BCUT2D eigenvalue weighted by molar-refractivity contribution is -0.137. The van der Waals surface area contributed by atoms with Crippen LogP contribution < -0.4 is 4.90 Å². The van der Waals surface area contributed by atoms with Crippen molar-refractivity contribution in [1.29, 1.82) is 0 Å². The number of aliphatic carboxylic acids is 1. The van der Waals surface area contributed by atoms with Crippen LogP contribution >= 0.6 is 0 Å². The van der Waals surface area contributed by atoms with Crippen molar-refractivity contribution in [2.75, 3.05) is 18.5 Å². The molecular formula is C10H11F3N2O2. The van der Waals surface area contributed by atoms with Crippen LogP contribution in [0.4, 0.5) is 19.0 Å². The second kappa shape index (κ2) is 4.60. The van der Waals surface area contributed by atoms with E-state index in [0.29, 0.717) is 0 Å². The molecular weight excluding hydrogens is 237 g/mol. The molecule has 0 unspecified atom stereocenters. The molecule has 94 valence electrons. The fourth-order valence-electron chi connectivity index (χ4n) is 1.29. The molecule has 1 N–H and O–H groups in total. The number of likely N-dealkylation sites (N-methyl/N-ethyl adjacent to an activating group) is 1. The maximum atomic E-state index is 12.5. The summed E-state index contributed by atoms with van der Waals surface area (Å²) in [7, 11) is 1.37. The summed E-state index contributed by atoms with van der Waals surface area (Å²) in [4.78, 5) is 15.5. The summed E-state index contributed by atoms with van der Waals surface area (Å²) in [5.74, 6) is -1.15. The van der Waals surface area contributed by atoms with E-state index in [0.717, 1.165) is 17.0 Å². The molecule has 0 aromatic carbocycles. The molecule has 0 atom stereocenters. The smallest absolute Gasteiger partial charge is 0.416 e. The summed E-state index contributed by atoms with van der Waals surface area (Å²) >= 11 is 0. The van der Waals surface area contributed by atoms with E-state index in [2.05, 4.69) is 4.98 Å². The Morgan fingerprint density at radius 3 is 2.53 bits per heavy atom. The van der Waals surface area contributed by atoms with Gasteiger partial charge >= 0.3 is 12.1 Å². The molecule has 1 aromatic rings. The third kappa shape index (κ3) is 3.61. The lowest BCUT2D eigenvalue weighted by atomic mass is 10.2. The zero-order valence-corrected chi connectivity index (χ0v) is 9.25. The van der Waals surface area contributed by atoms with Gasteiger partial charge in [-0.25, -0.2) is 4.98 Å². The minimum atomic E-state index is -4.47. The van der Waals surface area contributed by atoms with Crippen molar-refractivity contribution < 1.29 is 23.1 Å². The summed E-state index contributed by atoms with van der Waals surface area (Å²) in [5.41, 5.74) is -0.649. The number of pyridine rings is 1. The van der Waals surface area contributed by atoms with E-state index in [1.807, 2.05) is 0 Å². The standard InChI is InChI=1S/C10H11F3N2O2/c1-6-3-7(10(11,12)13)4-8(14-6)15(2)5-9(16)17/h3-4H,5H2,1-2H3,(H,16,17). The van der Waals surface area contributed by atoms with Crippen molar-refractivity contribution in [3.8, 4) is 0 Å². The quantitative estimate of drug-likeness (QED) is 0.888. The molecule has 0 bridgehead atoms. The van der Waals surface area contributed by atoms with Gasteiger partial charge in [0.25, 0.3) is 0 Å². The molecule has 0 spiro atoms. The molecule has 0 saturated heterocycles. The minimum absolute atomic E-state index is 0.0141. The van der Waals surface area contributed by atoms with Crippen LogP contribution in [0, 0.1) is 6.92 Å². The second-order valence-corrected chi connectivity index (χ2v) is 3.60. The summed E-state index contributed by atoms with van der Waals surface area (Å²) < 4.78 is 37.5. The largest absolute Gasteiger partial charge is 0.480 e. The van der Waals surface area contributed by atoms with E-state index in [9.17, 15) is 18.0 Å². The number of carbonyl (C=O) groups is 1. The molecule has 1 rings (SSSR count). The Labute approximate surface area is 95.7 Å². The zero-order valence-electron chi connectivity index (χ0n) is 9.25. The van der Waals surface area contributed by atoms with Crippen molar-refractivity contribution >= 4 is 11.8 Å². The van der Waals surface area contributed by atoms with Gasteiger partial charge in [0.1, 0.15) is 12.4 Å². The molecule has 0 fully saturated rings. The molecule has 7 heteroatoms. The first kappa shape index (κ1) is 13.3. The molecule has 0 aliphatic rings. The SMILES string of the molecule is Cc1cc(C(F)(F)F)cc(N(C)CC(=O)O)n1. The number of anilines is 1. The number of carboxylic acids is 1. The maximum Gasteiger partial charge on any atom is 0.416 e. The van der Waals surface area contributed by atoms with E-state index >= 15 is 0 Å². The van der Waals surface area contributed by atoms with Crippen molar-refractivity contribution in [2.45, 2.75) is 13.1 Å². The van der Waals surface area contributed by atoms with Crippen LogP contribution in [0.2, 0.25) is 0 Å². The lowest BCUT2D eigenvalue weighted by Gasteiger charge is -2.18. The highest BCUT2D eigenvalue weighted by Gasteiger charge is 2.31. The summed E-state index contributed by atoms with van der Waals surface area (Å²) in [6, 6.07) is 1.74. The third-order valence-electron chi connectivity index (χ3n) is 2.03. The molecule has 0 aliphatic carbocycles. The third-order valence-corrected chi connectivity index (χ3v) is 2.03. The number of aryl methyl sites for hydroxylation is 1. The molecule has 0 amide bonds. The van der Waals surface area contributed by atoms with Crippen molar-refractivity contribution in [3.05, 3.63) is 23.4 Å². The molecule has 1 heterocycles. The highest BCUT2D eigenvalue weighted by molar-refractivity contribution is 5.73. The van der Waals surface area contributed by atoms with Crippen LogP contribution in [-0.4, -0.2) is 29.7 Å². The monoisotopic (exact) mass is 248 g/mol. The average Bonchev–Trinajstić information content (AvgIpc) is 2.14. The molecule has 4 nitrogen and oxygen atoms in total. The van der Waals surface area contributed by atoms with Crippen LogP contribution in [0.1, 0.15) is 11.3 Å². The summed E-state index contributed by atoms with van der Waals surface area (Å²) in [6.07, 6.45) is -4.47. The first-order valence-electron chi connectivity index (χ1n) is 4.69. The van der Waals surface area contributed by atoms with Crippen LogP contribution in [0.15, 0.2) is 12.1 Å². The average molecular weight is 248 g/mol. The number of hydrogen-bond acceptors (Lipinski definition) is 3. The van der Waals surface area contributed by atoms with Gasteiger partial charge in [0.05, 0.1) is 5.56 Å². The Bertz CT molecular complexity index is 432. The fourth-order valence-corrected chi connectivity index (χ4v) is 1.29. The Hall–Kier alpha value is -1.79. The first-order chi connectivity index (χ1) is 7.70. The number of halogens is 3. The number of nitrogens with zero attached hydrogens (tertiary/aromatic N) is 2.